The van der Waals surface area contributed by atoms with Gasteiger partial charge in [-0.3, -0.25) is 9.59 Å². The van der Waals surface area contributed by atoms with Crippen LogP contribution in [0.3, 0.4) is 0 Å². The highest BCUT2D eigenvalue weighted by Crippen LogP contribution is 2.19. The van der Waals surface area contributed by atoms with Crippen LogP contribution in [0.5, 0.6) is 0 Å². The predicted molar refractivity (Wildman–Crippen MR) is 89.7 cm³/mol. The average Bonchev–Trinajstić information content (AvgIpc) is 2.53. The van der Waals surface area contributed by atoms with Crippen molar-refractivity contribution in [1.82, 2.24) is 9.80 Å². The zero-order valence-corrected chi connectivity index (χ0v) is 14.4. The number of nitrogens with zero attached hydrogens (tertiary/aromatic N) is 2. The molecule has 1 fully saturated rings. The molecule has 0 aromatic heterocycles. The van der Waals surface area contributed by atoms with Crippen molar-refractivity contribution < 1.29 is 19.5 Å². The second-order valence-electron chi connectivity index (χ2n) is 7.06. The van der Waals surface area contributed by atoms with Gasteiger partial charge < -0.3 is 14.9 Å². The molecular formula is C18H24N2O4. The number of rotatable bonds is 3. The molecule has 2 rings (SSSR count). The first-order valence-electron chi connectivity index (χ1n) is 8.08. The molecular weight excluding hydrogens is 308 g/mol. The number of carboxylic acids is 1. The first-order chi connectivity index (χ1) is 11.2. The highest BCUT2D eigenvalue weighted by atomic mass is 16.4. The van der Waals surface area contributed by atoms with Gasteiger partial charge in [0.2, 0.25) is 11.8 Å². The van der Waals surface area contributed by atoms with Crippen molar-refractivity contribution >= 4 is 17.8 Å². The van der Waals surface area contributed by atoms with E-state index in [1.54, 1.807) is 28.0 Å². The molecule has 0 bridgehead atoms. The number of carboxylic acid groups (broad SMARTS) is 1. The molecule has 1 N–H and O–H groups in total. The molecule has 24 heavy (non-hydrogen) atoms. The molecule has 0 radical (unpaired) electrons. The lowest BCUT2D eigenvalue weighted by Crippen LogP contribution is -2.53. The van der Waals surface area contributed by atoms with E-state index in [1.807, 2.05) is 20.8 Å². The minimum Gasteiger partial charge on any atom is -0.478 e. The van der Waals surface area contributed by atoms with Gasteiger partial charge >= 0.3 is 5.97 Å². The number of piperazine rings is 1. The van der Waals surface area contributed by atoms with E-state index in [0.29, 0.717) is 31.7 Å². The quantitative estimate of drug-likeness (QED) is 0.913. The molecule has 1 heterocycles. The first-order valence-corrected chi connectivity index (χ1v) is 8.08. The maximum atomic E-state index is 12.4. The van der Waals surface area contributed by atoms with Gasteiger partial charge in [0.1, 0.15) is 0 Å². The Bertz CT molecular complexity index is 641. The highest BCUT2D eigenvalue weighted by Gasteiger charge is 2.30. The normalized spacial score (nSPS) is 15.3. The Morgan fingerprint density at radius 1 is 1.00 bits per heavy atom. The van der Waals surface area contributed by atoms with Gasteiger partial charge in [-0.15, -0.1) is 0 Å². The number of carbonyl (C=O) groups excluding carboxylic acids is 2. The lowest BCUT2D eigenvalue weighted by Gasteiger charge is -2.37. The SMILES string of the molecule is CC(C)(C)C(=O)N1CCN(C(=O)Cc2ccccc2C(=O)O)CC1. The second-order valence-corrected chi connectivity index (χ2v) is 7.06. The van der Waals surface area contributed by atoms with Crippen LogP contribution in [0.4, 0.5) is 0 Å². The predicted octanol–water partition coefficient (Wildman–Crippen LogP) is 1.64. The Morgan fingerprint density at radius 2 is 1.54 bits per heavy atom. The molecule has 0 atom stereocenters. The fourth-order valence-corrected chi connectivity index (χ4v) is 2.79. The number of amides is 2. The number of aromatic carboxylic acids is 1. The van der Waals surface area contributed by atoms with Crippen LogP contribution in [-0.4, -0.2) is 58.9 Å². The van der Waals surface area contributed by atoms with Crippen molar-refractivity contribution in [2.24, 2.45) is 5.41 Å². The molecule has 1 aromatic rings. The number of benzene rings is 1. The van der Waals surface area contributed by atoms with E-state index in [1.165, 1.54) is 6.07 Å². The standard InChI is InChI=1S/C18H24N2O4/c1-18(2,3)17(24)20-10-8-19(9-11-20)15(21)12-13-6-4-5-7-14(13)16(22)23/h4-7H,8-12H2,1-3H3,(H,22,23). The van der Waals surface area contributed by atoms with E-state index < -0.39 is 11.4 Å². The third-order valence-electron chi connectivity index (χ3n) is 4.15. The summed E-state index contributed by atoms with van der Waals surface area (Å²) in [7, 11) is 0. The molecule has 0 spiro atoms. The molecule has 0 aliphatic carbocycles. The maximum absolute atomic E-state index is 12.4. The third kappa shape index (κ3) is 4.13. The highest BCUT2D eigenvalue weighted by molar-refractivity contribution is 5.91. The van der Waals surface area contributed by atoms with E-state index in [0.717, 1.165) is 0 Å². The van der Waals surface area contributed by atoms with E-state index >= 15 is 0 Å². The Kier molecular flexibility index (Phi) is 5.26. The lowest BCUT2D eigenvalue weighted by atomic mass is 9.94. The van der Waals surface area contributed by atoms with Gasteiger partial charge in [0.25, 0.3) is 0 Å². The number of hydrogen-bond acceptors (Lipinski definition) is 3. The van der Waals surface area contributed by atoms with Crippen LogP contribution in [0.1, 0.15) is 36.7 Å². The van der Waals surface area contributed by atoms with Crippen LogP contribution in [-0.2, 0) is 16.0 Å². The van der Waals surface area contributed by atoms with Gasteiger partial charge in [0.05, 0.1) is 12.0 Å². The minimum absolute atomic E-state index is 0.0652. The molecule has 6 nitrogen and oxygen atoms in total. The number of hydrogen-bond donors (Lipinski definition) is 1. The lowest BCUT2D eigenvalue weighted by molar-refractivity contribution is -0.144. The summed E-state index contributed by atoms with van der Waals surface area (Å²) in [6.07, 6.45) is 0.0652. The van der Waals surface area contributed by atoms with E-state index in [4.69, 9.17) is 0 Å². The summed E-state index contributed by atoms with van der Waals surface area (Å²) < 4.78 is 0. The van der Waals surface area contributed by atoms with Gasteiger partial charge in [-0.1, -0.05) is 39.0 Å². The first kappa shape index (κ1) is 18.0. The summed E-state index contributed by atoms with van der Waals surface area (Å²) in [6.45, 7) is 7.65. The van der Waals surface area contributed by atoms with Gasteiger partial charge in [0.15, 0.2) is 0 Å². The van der Waals surface area contributed by atoms with E-state index in [2.05, 4.69) is 0 Å². The molecule has 130 valence electrons. The molecule has 1 aliphatic rings. The van der Waals surface area contributed by atoms with Gasteiger partial charge in [-0.25, -0.2) is 4.79 Å². The molecule has 6 heteroatoms. The largest absolute Gasteiger partial charge is 0.478 e. The van der Waals surface area contributed by atoms with Crippen molar-refractivity contribution in [3.05, 3.63) is 35.4 Å². The average molecular weight is 332 g/mol. The molecule has 0 unspecified atom stereocenters. The zero-order chi connectivity index (χ0) is 17.9. The molecule has 1 saturated heterocycles. The summed E-state index contributed by atoms with van der Waals surface area (Å²) in [6, 6.07) is 6.55. The molecule has 1 aromatic carbocycles. The topological polar surface area (TPSA) is 77.9 Å². The van der Waals surface area contributed by atoms with Gasteiger partial charge in [-0.05, 0) is 11.6 Å². The van der Waals surface area contributed by atoms with Crippen molar-refractivity contribution in [2.75, 3.05) is 26.2 Å². The third-order valence-corrected chi connectivity index (χ3v) is 4.15. The maximum Gasteiger partial charge on any atom is 0.335 e. The van der Waals surface area contributed by atoms with Crippen molar-refractivity contribution in [2.45, 2.75) is 27.2 Å². The van der Waals surface area contributed by atoms with Crippen LogP contribution >= 0.6 is 0 Å². The molecule has 1 aliphatic heterocycles. The summed E-state index contributed by atoms with van der Waals surface area (Å²) in [5, 5.41) is 9.19. The Balaban J connectivity index is 1.97. The smallest absolute Gasteiger partial charge is 0.335 e. The Labute approximate surface area is 142 Å². The van der Waals surface area contributed by atoms with Crippen LogP contribution in [0.15, 0.2) is 24.3 Å². The second kappa shape index (κ2) is 7.03. The number of carbonyl (C=O) groups is 3. The van der Waals surface area contributed by atoms with Crippen molar-refractivity contribution in [1.29, 1.82) is 0 Å². The fourth-order valence-electron chi connectivity index (χ4n) is 2.79. The van der Waals surface area contributed by atoms with Crippen LogP contribution in [0.2, 0.25) is 0 Å². The summed E-state index contributed by atoms with van der Waals surface area (Å²) in [4.78, 5) is 39.4. The van der Waals surface area contributed by atoms with Crippen LogP contribution in [0.25, 0.3) is 0 Å². The van der Waals surface area contributed by atoms with Crippen molar-refractivity contribution in [3.63, 3.8) is 0 Å². The monoisotopic (exact) mass is 332 g/mol. The summed E-state index contributed by atoms with van der Waals surface area (Å²) >= 11 is 0. The van der Waals surface area contributed by atoms with Crippen LogP contribution in [0, 0.1) is 5.41 Å². The zero-order valence-electron chi connectivity index (χ0n) is 14.4. The fraction of sp³-hybridized carbons (Fsp3) is 0.500. The van der Waals surface area contributed by atoms with Gasteiger partial charge in [-0.2, -0.15) is 0 Å². The van der Waals surface area contributed by atoms with Crippen molar-refractivity contribution in [3.8, 4) is 0 Å². The van der Waals surface area contributed by atoms with Gasteiger partial charge in [0, 0.05) is 31.6 Å². The van der Waals surface area contributed by atoms with E-state index in [9.17, 15) is 19.5 Å². The minimum atomic E-state index is -1.03. The van der Waals surface area contributed by atoms with Crippen LogP contribution < -0.4 is 0 Å². The Hall–Kier alpha value is -2.37. The molecule has 0 saturated carbocycles. The Morgan fingerprint density at radius 3 is 2.08 bits per heavy atom. The summed E-state index contributed by atoms with van der Waals surface area (Å²) in [5.41, 5.74) is 0.252. The molecule has 2 amide bonds. The summed E-state index contributed by atoms with van der Waals surface area (Å²) in [5.74, 6) is -1.05. The van der Waals surface area contributed by atoms with E-state index in [-0.39, 0.29) is 23.8 Å².